The van der Waals surface area contributed by atoms with Crippen molar-refractivity contribution in [2.45, 2.75) is 25.7 Å². The SMILES string of the molecule is COc1ccc(N2C[C@H](C(=O)N3CCC(Cc4ccccc4)CC3)CC2=O)cc1. The fourth-order valence-corrected chi connectivity index (χ4v) is 4.45. The Hall–Kier alpha value is -2.82. The Morgan fingerprint density at radius 3 is 2.38 bits per heavy atom. The van der Waals surface area contributed by atoms with Gasteiger partial charge in [0, 0.05) is 31.7 Å². The average Bonchev–Trinajstić information content (AvgIpc) is 3.16. The van der Waals surface area contributed by atoms with Crippen molar-refractivity contribution in [3.63, 3.8) is 0 Å². The van der Waals surface area contributed by atoms with Crippen LogP contribution in [-0.4, -0.2) is 43.5 Å². The van der Waals surface area contributed by atoms with Crippen molar-refractivity contribution < 1.29 is 14.3 Å². The number of anilines is 1. The van der Waals surface area contributed by atoms with Gasteiger partial charge in [0.2, 0.25) is 11.8 Å². The van der Waals surface area contributed by atoms with Gasteiger partial charge < -0.3 is 14.5 Å². The molecule has 0 aromatic heterocycles. The number of benzene rings is 2. The van der Waals surface area contributed by atoms with Crippen LogP contribution in [-0.2, 0) is 16.0 Å². The van der Waals surface area contributed by atoms with Crippen molar-refractivity contribution in [3.05, 3.63) is 60.2 Å². The van der Waals surface area contributed by atoms with E-state index in [0.717, 1.165) is 43.8 Å². The Morgan fingerprint density at radius 2 is 1.72 bits per heavy atom. The normalized spacial score (nSPS) is 20.2. The Balaban J connectivity index is 1.31. The summed E-state index contributed by atoms with van der Waals surface area (Å²) in [5.74, 6) is 1.30. The monoisotopic (exact) mass is 392 g/mol. The van der Waals surface area contributed by atoms with E-state index in [0.29, 0.717) is 18.9 Å². The first kappa shape index (κ1) is 19.5. The van der Waals surface area contributed by atoms with Gasteiger partial charge in [-0.1, -0.05) is 30.3 Å². The van der Waals surface area contributed by atoms with Gasteiger partial charge >= 0.3 is 0 Å². The molecule has 29 heavy (non-hydrogen) atoms. The standard InChI is InChI=1S/C24H28N2O3/c1-29-22-9-7-21(8-10-22)26-17-20(16-23(26)27)24(28)25-13-11-19(12-14-25)15-18-5-3-2-4-6-18/h2-10,19-20H,11-17H2,1H3/t20-/m1/s1. The number of hydrogen-bond donors (Lipinski definition) is 0. The van der Waals surface area contributed by atoms with E-state index in [4.69, 9.17) is 4.74 Å². The predicted octanol–water partition coefficient (Wildman–Crippen LogP) is 3.53. The second-order valence-electron chi connectivity index (χ2n) is 8.06. The number of carbonyl (C=O) groups excluding carboxylic acids is 2. The largest absolute Gasteiger partial charge is 0.497 e. The summed E-state index contributed by atoms with van der Waals surface area (Å²) in [5.41, 5.74) is 2.20. The van der Waals surface area contributed by atoms with E-state index in [1.165, 1.54) is 5.56 Å². The first-order valence-electron chi connectivity index (χ1n) is 10.4. The van der Waals surface area contributed by atoms with Crippen LogP contribution in [0.25, 0.3) is 0 Å². The van der Waals surface area contributed by atoms with E-state index in [2.05, 4.69) is 24.3 Å². The highest BCUT2D eigenvalue weighted by molar-refractivity contribution is 6.00. The smallest absolute Gasteiger partial charge is 0.228 e. The van der Waals surface area contributed by atoms with Crippen LogP contribution in [0.4, 0.5) is 5.69 Å². The second-order valence-corrected chi connectivity index (χ2v) is 8.06. The van der Waals surface area contributed by atoms with Crippen molar-refractivity contribution in [1.82, 2.24) is 4.90 Å². The fourth-order valence-electron chi connectivity index (χ4n) is 4.45. The van der Waals surface area contributed by atoms with Gasteiger partial charge in [0.1, 0.15) is 5.75 Å². The Morgan fingerprint density at radius 1 is 1.03 bits per heavy atom. The van der Waals surface area contributed by atoms with E-state index >= 15 is 0 Å². The summed E-state index contributed by atoms with van der Waals surface area (Å²) < 4.78 is 5.18. The van der Waals surface area contributed by atoms with Crippen LogP contribution in [0.1, 0.15) is 24.8 Å². The zero-order chi connectivity index (χ0) is 20.2. The summed E-state index contributed by atoms with van der Waals surface area (Å²) in [6.45, 7) is 2.06. The number of rotatable bonds is 5. The zero-order valence-corrected chi connectivity index (χ0v) is 16.9. The molecule has 2 aromatic carbocycles. The maximum Gasteiger partial charge on any atom is 0.228 e. The summed E-state index contributed by atoms with van der Waals surface area (Å²) in [6, 6.07) is 18.0. The highest BCUT2D eigenvalue weighted by Gasteiger charge is 2.38. The maximum atomic E-state index is 13.0. The lowest BCUT2D eigenvalue weighted by molar-refractivity contribution is -0.137. The molecule has 5 nitrogen and oxygen atoms in total. The van der Waals surface area contributed by atoms with Crippen molar-refractivity contribution in [3.8, 4) is 5.75 Å². The molecule has 2 aliphatic rings. The zero-order valence-electron chi connectivity index (χ0n) is 16.9. The molecule has 2 aliphatic heterocycles. The summed E-state index contributed by atoms with van der Waals surface area (Å²) in [7, 11) is 1.62. The summed E-state index contributed by atoms with van der Waals surface area (Å²) in [6.07, 6.45) is 3.44. The molecule has 1 atom stereocenters. The van der Waals surface area contributed by atoms with Gasteiger partial charge in [-0.25, -0.2) is 0 Å². The van der Waals surface area contributed by atoms with Gasteiger partial charge in [-0.2, -0.15) is 0 Å². The van der Waals surface area contributed by atoms with Gasteiger partial charge in [-0.15, -0.1) is 0 Å². The fraction of sp³-hybridized carbons (Fsp3) is 0.417. The van der Waals surface area contributed by atoms with E-state index < -0.39 is 0 Å². The molecule has 0 bridgehead atoms. The van der Waals surface area contributed by atoms with Crippen molar-refractivity contribution in [2.75, 3.05) is 31.6 Å². The van der Waals surface area contributed by atoms with Crippen LogP contribution in [0.15, 0.2) is 54.6 Å². The number of amides is 2. The quantitative estimate of drug-likeness (QED) is 0.782. The minimum absolute atomic E-state index is 0.0208. The minimum Gasteiger partial charge on any atom is -0.497 e. The first-order valence-corrected chi connectivity index (χ1v) is 10.4. The van der Waals surface area contributed by atoms with E-state index in [9.17, 15) is 9.59 Å². The molecule has 0 N–H and O–H groups in total. The third-order valence-electron chi connectivity index (χ3n) is 6.15. The van der Waals surface area contributed by atoms with Crippen molar-refractivity contribution in [1.29, 1.82) is 0 Å². The highest BCUT2D eigenvalue weighted by Crippen LogP contribution is 2.29. The molecule has 0 saturated carbocycles. The molecule has 2 heterocycles. The first-order chi connectivity index (χ1) is 14.1. The molecule has 5 heteroatoms. The maximum absolute atomic E-state index is 13.0. The van der Waals surface area contributed by atoms with Gasteiger partial charge in [-0.3, -0.25) is 9.59 Å². The molecule has 0 unspecified atom stereocenters. The van der Waals surface area contributed by atoms with Crippen molar-refractivity contribution in [2.24, 2.45) is 11.8 Å². The Labute approximate surface area is 172 Å². The highest BCUT2D eigenvalue weighted by atomic mass is 16.5. The molecule has 2 aromatic rings. The third-order valence-corrected chi connectivity index (χ3v) is 6.15. The summed E-state index contributed by atoms with van der Waals surface area (Å²) in [4.78, 5) is 29.2. The molecule has 2 fully saturated rings. The summed E-state index contributed by atoms with van der Waals surface area (Å²) in [5, 5.41) is 0. The number of nitrogens with zero attached hydrogens (tertiary/aromatic N) is 2. The molecule has 2 saturated heterocycles. The number of carbonyl (C=O) groups is 2. The Bertz CT molecular complexity index is 842. The van der Waals surface area contributed by atoms with Gasteiger partial charge in [0.25, 0.3) is 0 Å². The second kappa shape index (κ2) is 8.68. The number of hydrogen-bond acceptors (Lipinski definition) is 3. The molecule has 0 aliphatic carbocycles. The van der Waals surface area contributed by atoms with E-state index in [-0.39, 0.29) is 17.7 Å². The van der Waals surface area contributed by atoms with Gasteiger partial charge in [0.05, 0.1) is 13.0 Å². The topological polar surface area (TPSA) is 49.9 Å². The van der Waals surface area contributed by atoms with Gasteiger partial charge in [-0.05, 0) is 55.0 Å². The Kier molecular flexibility index (Phi) is 5.84. The molecule has 4 rings (SSSR count). The van der Waals surface area contributed by atoms with Crippen LogP contribution in [0, 0.1) is 11.8 Å². The predicted molar refractivity (Wildman–Crippen MR) is 113 cm³/mol. The van der Waals surface area contributed by atoms with Crippen LogP contribution in [0.3, 0.4) is 0 Å². The molecule has 0 radical (unpaired) electrons. The van der Waals surface area contributed by atoms with Crippen LogP contribution >= 0.6 is 0 Å². The van der Waals surface area contributed by atoms with Crippen LogP contribution in [0.5, 0.6) is 5.75 Å². The van der Waals surface area contributed by atoms with E-state index in [1.807, 2.05) is 35.2 Å². The number of methoxy groups -OCH3 is 1. The number of ether oxygens (including phenoxy) is 1. The van der Waals surface area contributed by atoms with Crippen molar-refractivity contribution >= 4 is 17.5 Å². The van der Waals surface area contributed by atoms with Crippen LogP contribution < -0.4 is 9.64 Å². The summed E-state index contributed by atoms with van der Waals surface area (Å²) >= 11 is 0. The lowest BCUT2D eigenvalue weighted by Gasteiger charge is -2.33. The number of piperidine rings is 1. The number of likely N-dealkylation sites (tertiary alicyclic amines) is 1. The van der Waals surface area contributed by atoms with E-state index in [1.54, 1.807) is 12.0 Å². The lowest BCUT2D eigenvalue weighted by atomic mass is 9.89. The molecule has 152 valence electrons. The third kappa shape index (κ3) is 4.44. The van der Waals surface area contributed by atoms with Crippen LogP contribution in [0.2, 0.25) is 0 Å². The molecular weight excluding hydrogens is 364 g/mol. The average molecular weight is 392 g/mol. The minimum atomic E-state index is -0.240. The molecule has 0 spiro atoms. The van der Waals surface area contributed by atoms with Gasteiger partial charge in [0.15, 0.2) is 0 Å². The molecule has 2 amide bonds. The molecular formula is C24H28N2O3. The lowest BCUT2D eigenvalue weighted by Crippen LogP contribution is -2.42.